The zero-order valence-electron chi connectivity index (χ0n) is 18.9. The van der Waals surface area contributed by atoms with Crippen molar-refractivity contribution in [2.45, 2.75) is 53.1 Å². The lowest BCUT2D eigenvalue weighted by Crippen LogP contribution is -2.46. The zero-order chi connectivity index (χ0) is 24.1. The van der Waals surface area contributed by atoms with Gasteiger partial charge in [0, 0.05) is 24.5 Å². The second kappa shape index (κ2) is 10.9. The molecule has 0 aromatic carbocycles. The molecule has 2 N–H and O–H groups in total. The van der Waals surface area contributed by atoms with Gasteiger partial charge in [-0.3, -0.25) is 9.69 Å². The molecule has 0 spiro atoms. The number of rotatable bonds is 5. The Morgan fingerprint density at radius 1 is 1.28 bits per heavy atom. The van der Waals surface area contributed by atoms with Gasteiger partial charge in [-0.1, -0.05) is 13.8 Å². The molecule has 1 aromatic heterocycles. The molecule has 1 aromatic rings. The molecule has 32 heavy (non-hydrogen) atoms. The van der Waals surface area contributed by atoms with Crippen molar-refractivity contribution in [1.82, 2.24) is 9.88 Å². The average Bonchev–Trinajstić information content (AvgIpc) is 3.09. The first kappa shape index (κ1) is 26.5. The van der Waals surface area contributed by atoms with Crippen LogP contribution in [0.25, 0.3) is 0 Å². The number of anilines is 1. The Bertz CT molecular complexity index is 790. The van der Waals surface area contributed by atoms with E-state index in [1.54, 1.807) is 11.3 Å². The molecule has 7 nitrogen and oxygen atoms in total. The Morgan fingerprint density at radius 2 is 1.88 bits per heavy atom. The molecule has 0 bridgehead atoms. The number of nitrogens with one attached hydrogen (secondary N) is 1. The molecule has 1 fully saturated rings. The number of ether oxygens (including phenoxy) is 1. The number of hydrogen-bond acceptors (Lipinski definition) is 6. The minimum atomic E-state index is -5.08. The van der Waals surface area contributed by atoms with Crippen LogP contribution in [0.15, 0.2) is 0 Å². The van der Waals surface area contributed by atoms with Crippen LogP contribution in [-0.2, 0) is 27.2 Å². The lowest BCUT2D eigenvalue weighted by molar-refractivity contribution is -0.192. The van der Waals surface area contributed by atoms with Crippen molar-refractivity contribution in [3.63, 3.8) is 0 Å². The first-order valence-corrected chi connectivity index (χ1v) is 11.5. The van der Waals surface area contributed by atoms with Crippen LogP contribution in [0.4, 0.5) is 18.3 Å². The number of carboxylic acid groups (broad SMARTS) is 1. The van der Waals surface area contributed by atoms with E-state index < -0.39 is 17.6 Å². The monoisotopic (exact) mass is 479 g/mol. The maximum Gasteiger partial charge on any atom is 0.490 e. The van der Waals surface area contributed by atoms with E-state index in [1.807, 2.05) is 13.8 Å². The normalized spacial score (nSPS) is 19.7. The van der Waals surface area contributed by atoms with Gasteiger partial charge in [-0.15, -0.1) is 11.3 Å². The van der Waals surface area contributed by atoms with Gasteiger partial charge in [0.05, 0.1) is 24.3 Å². The standard InChI is InChI=1S/C19H31N3O2S.C2HF3O2/c1-13(2)14-5-6-15-16(11-14)25-18(20-15)21-17(23)19(3,4)12-22-7-9-24-10-8-22;3-2(4,5)1(6)7/h13-14H,5-12H2,1-4H3,(H,20,21,23);(H,6,7). The van der Waals surface area contributed by atoms with Crippen molar-refractivity contribution in [1.29, 1.82) is 0 Å². The number of thiazole rings is 1. The summed E-state index contributed by atoms with van der Waals surface area (Å²) in [5.74, 6) is -1.24. The maximum atomic E-state index is 12.8. The molecule has 0 saturated carbocycles. The van der Waals surface area contributed by atoms with E-state index in [0.29, 0.717) is 5.92 Å². The van der Waals surface area contributed by atoms with Gasteiger partial charge in [0.25, 0.3) is 0 Å². The van der Waals surface area contributed by atoms with Crippen LogP contribution in [-0.4, -0.2) is 65.9 Å². The quantitative estimate of drug-likeness (QED) is 0.667. The number of fused-ring (bicyclic) bond motifs is 1. The minimum absolute atomic E-state index is 0.0606. The molecule has 2 heterocycles. The molecule has 1 amide bonds. The molecule has 1 saturated heterocycles. The second-order valence-electron chi connectivity index (χ2n) is 9.17. The number of hydrogen-bond donors (Lipinski definition) is 2. The molecule has 11 heteroatoms. The van der Waals surface area contributed by atoms with E-state index in [4.69, 9.17) is 19.6 Å². The van der Waals surface area contributed by atoms with Crippen LogP contribution in [0.3, 0.4) is 0 Å². The van der Waals surface area contributed by atoms with Crippen LogP contribution < -0.4 is 5.32 Å². The summed E-state index contributed by atoms with van der Waals surface area (Å²) in [6.07, 6.45) is -1.72. The highest BCUT2D eigenvalue weighted by Crippen LogP contribution is 2.35. The number of aryl methyl sites for hydroxylation is 1. The van der Waals surface area contributed by atoms with Gasteiger partial charge in [0.15, 0.2) is 5.13 Å². The number of carbonyl (C=O) groups excluding carboxylic acids is 1. The van der Waals surface area contributed by atoms with E-state index in [9.17, 15) is 18.0 Å². The van der Waals surface area contributed by atoms with Gasteiger partial charge in [0.1, 0.15) is 0 Å². The number of amides is 1. The Hall–Kier alpha value is -1.72. The van der Waals surface area contributed by atoms with Gasteiger partial charge >= 0.3 is 12.1 Å². The van der Waals surface area contributed by atoms with E-state index in [2.05, 4.69) is 24.1 Å². The summed E-state index contributed by atoms with van der Waals surface area (Å²) in [5, 5.41) is 11.0. The van der Waals surface area contributed by atoms with Crippen LogP contribution in [0.5, 0.6) is 0 Å². The molecule has 182 valence electrons. The number of morpholine rings is 1. The zero-order valence-corrected chi connectivity index (χ0v) is 19.7. The third kappa shape index (κ3) is 7.70. The number of carbonyl (C=O) groups is 2. The van der Waals surface area contributed by atoms with Crippen LogP contribution in [0.2, 0.25) is 0 Å². The highest BCUT2D eigenvalue weighted by molar-refractivity contribution is 7.15. The molecular formula is C21H32F3N3O4S. The molecule has 1 aliphatic carbocycles. The minimum Gasteiger partial charge on any atom is -0.475 e. The summed E-state index contributed by atoms with van der Waals surface area (Å²) in [4.78, 5) is 30.1. The van der Waals surface area contributed by atoms with Crippen molar-refractivity contribution >= 4 is 28.3 Å². The van der Waals surface area contributed by atoms with Crippen molar-refractivity contribution < 1.29 is 32.6 Å². The van der Waals surface area contributed by atoms with Crippen LogP contribution >= 0.6 is 11.3 Å². The predicted molar refractivity (Wildman–Crippen MR) is 116 cm³/mol. The van der Waals surface area contributed by atoms with Gasteiger partial charge in [-0.05, 0) is 44.9 Å². The van der Waals surface area contributed by atoms with Crippen LogP contribution in [0.1, 0.15) is 44.7 Å². The average molecular weight is 480 g/mol. The van der Waals surface area contributed by atoms with E-state index >= 15 is 0 Å². The third-order valence-electron chi connectivity index (χ3n) is 5.72. The highest BCUT2D eigenvalue weighted by atomic mass is 32.1. The molecule has 1 aliphatic heterocycles. The fraction of sp³-hybridized carbons (Fsp3) is 0.762. The predicted octanol–water partition coefficient (Wildman–Crippen LogP) is 3.83. The van der Waals surface area contributed by atoms with E-state index in [-0.39, 0.29) is 5.91 Å². The molecule has 1 atom stereocenters. The SMILES string of the molecule is CC(C)C1CCc2nc(NC(=O)C(C)(C)CN3CCOCC3)sc2C1.O=C(O)C(F)(F)F. The first-order valence-electron chi connectivity index (χ1n) is 10.7. The summed E-state index contributed by atoms with van der Waals surface area (Å²) >= 11 is 1.67. The highest BCUT2D eigenvalue weighted by Gasteiger charge is 2.38. The van der Waals surface area contributed by atoms with Gasteiger partial charge in [-0.2, -0.15) is 13.2 Å². The summed E-state index contributed by atoms with van der Waals surface area (Å²) in [7, 11) is 0. The number of halogens is 3. The number of aliphatic carboxylic acids is 1. The van der Waals surface area contributed by atoms with Gasteiger partial charge in [-0.25, -0.2) is 9.78 Å². The van der Waals surface area contributed by atoms with Gasteiger partial charge < -0.3 is 15.2 Å². The van der Waals surface area contributed by atoms with Crippen LogP contribution in [0, 0.1) is 17.3 Å². The van der Waals surface area contributed by atoms with Crippen molar-refractivity contribution in [2.75, 3.05) is 38.2 Å². The van der Waals surface area contributed by atoms with Gasteiger partial charge in [0.2, 0.25) is 5.91 Å². The fourth-order valence-corrected chi connectivity index (χ4v) is 4.78. The lowest BCUT2D eigenvalue weighted by Gasteiger charge is -2.33. The van der Waals surface area contributed by atoms with E-state index in [1.165, 1.54) is 17.0 Å². The topological polar surface area (TPSA) is 91.8 Å². The summed E-state index contributed by atoms with van der Waals surface area (Å²) < 4.78 is 37.1. The first-order chi connectivity index (χ1) is 14.8. The molecule has 1 unspecified atom stereocenters. The Labute approximate surface area is 190 Å². The molecule has 0 radical (unpaired) electrons. The molecule has 3 rings (SSSR count). The second-order valence-corrected chi connectivity index (χ2v) is 10.2. The Morgan fingerprint density at radius 3 is 2.41 bits per heavy atom. The lowest BCUT2D eigenvalue weighted by atomic mass is 9.83. The Balaban J connectivity index is 0.000000451. The third-order valence-corrected chi connectivity index (χ3v) is 6.76. The number of alkyl halides is 3. The fourth-order valence-electron chi connectivity index (χ4n) is 3.68. The Kier molecular flexibility index (Phi) is 9.06. The molecular weight excluding hydrogens is 447 g/mol. The molecule has 2 aliphatic rings. The summed E-state index contributed by atoms with van der Waals surface area (Å²) in [5.41, 5.74) is 0.757. The van der Waals surface area contributed by atoms with Crippen molar-refractivity contribution in [3.8, 4) is 0 Å². The smallest absolute Gasteiger partial charge is 0.475 e. The van der Waals surface area contributed by atoms with Crippen molar-refractivity contribution in [2.24, 2.45) is 17.3 Å². The summed E-state index contributed by atoms with van der Waals surface area (Å²) in [6, 6.07) is 0. The number of carboxylic acids is 1. The number of nitrogens with zero attached hydrogens (tertiary/aromatic N) is 2. The largest absolute Gasteiger partial charge is 0.490 e. The summed E-state index contributed by atoms with van der Waals surface area (Å²) in [6.45, 7) is 12.7. The van der Waals surface area contributed by atoms with E-state index in [0.717, 1.165) is 56.7 Å². The van der Waals surface area contributed by atoms with Crippen molar-refractivity contribution in [3.05, 3.63) is 10.6 Å². The number of aromatic nitrogens is 1. The maximum absolute atomic E-state index is 12.8.